The van der Waals surface area contributed by atoms with Crippen LogP contribution in [-0.2, 0) is 0 Å². The molecule has 1 fully saturated rings. The van der Waals surface area contributed by atoms with Gasteiger partial charge in [-0.25, -0.2) is 0 Å². The first-order valence-corrected chi connectivity index (χ1v) is 7.48. The molecule has 1 saturated heterocycles. The quantitative estimate of drug-likeness (QED) is 0.838. The maximum Gasteiger partial charge on any atom is 0.0577 e. The van der Waals surface area contributed by atoms with Crippen molar-refractivity contribution < 1.29 is 0 Å². The molecule has 1 atom stereocenters. The van der Waals surface area contributed by atoms with E-state index in [4.69, 9.17) is 5.73 Å². The summed E-state index contributed by atoms with van der Waals surface area (Å²) >= 11 is 3.43. The lowest BCUT2D eigenvalue weighted by molar-refractivity contribution is 0.223. The Balaban J connectivity index is 1.87. The molecule has 0 aliphatic carbocycles. The summed E-state index contributed by atoms with van der Waals surface area (Å²) in [5.41, 5.74) is 7.83. The van der Waals surface area contributed by atoms with Crippen molar-refractivity contribution in [2.75, 3.05) is 30.7 Å². The van der Waals surface area contributed by atoms with Crippen molar-refractivity contribution in [1.29, 1.82) is 0 Å². The first-order chi connectivity index (χ1) is 8.65. The third-order valence-corrected chi connectivity index (χ3v) is 3.89. The topological polar surface area (TPSA) is 41.3 Å². The summed E-state index contributed by atoms with van der Waals surface area (Å²) in [6.45, 7) is 5.79. The molecule has 2 rings (SSSR count). The van der Waals surface area contributed by atoms with E-state index in [9.17, 15) is 0 Å². The Morgan fingerprint density at radius 1 is 1.33 bits per heavy atom. The zero-order valence-electron chi connectivity index (χ0n) is 11.0. The van der Waals surface area contributed by atoms with Gasteiger partial charge in [-0.05, 0) is 51.1 Å². The van der Waals surface area contributed by atoms with Crippen molar-refractivity contribution >= 4 is 27.3 Å². The molecular weight excluding hydrogens is 290 g/mol. The van der Waals surface area contributed by atoms with Crippen molar-refractivity contribution in [3.63, 3.8) is 0 Å². The van der Waals surface area contributed by atoms with Crippen LogP contribution < -0.4 is 11.1 Å². The predicted molar refractivity (Wildman–Crippen MR) is 81.9 cm³/mol. The first kappa shape index (κ1) is 13.7. The molecule has 0 saturated carbocycles. The summed E-state index contributed by atoms with van der Waals surface area (Å²) in [6, 6.07) is 6.42. The summed E-state index contributed by atoms with van der Waals surface area (Å²) < 4.78 is 1.02. The maximum absolute atomic E-state index is 6.00. The number of hydrogen-bond acceptors (Lipinski definition) is 3. The third kappa shape index (κ3) is 3.89. The molecule has 0 aromatic heterocycles. The third-order valence-electron chi connectivity index (χ3n) is 3.40. The second kappa shape index (κ2) is 6.43. The maximum atomic E-state index is 6.00. The van der Waals surface area contributed by atoms with E-state index in [2.05, 4.69) is 33.1 Å². The van der Waals surface area contributed by atoms with Gasteiger partial charge in [0.25, 0.3) is 0 Å². The van der Waals surface area contributed by atoms with Crippen LogP contribution in [0, 0.1) is 0 Å². The van der Waals surface area contributed by atoms with E-state index in [-0.39, 0.29) is 0 Å². The second-order valence-electron chi connectivity index (χ2n) is 5.14. The average Bonchev–Trinajstić information content (AvgIpc) is 2.34. The van der Waals surface area contributed by atoms with Crippen molar-refractivity contribution in [2.24, 2.45) is 0 Å². The van der Waals surface area contributed by atoms with Gasteiger partial charge in [-0.2, -0.15) is 0 Å². The van der Waals surface area contributed by atoms with Gasteiger partial charge >= 0.3 is 0 Å². The lowest BCUT2D eigenvalue weighted by Gasteiger charge is -2.30. The minimum Gasteiger partial charge on any atom is -0.397 e. The lowest BCUT2D eigenvalue weighted by atomic mass is 10.1. The number of nitrogens with zero attached hydrogens (tertiary/aromatic N) is 1. The van der Waals surface area contributed by atoms with E-state index in [0.29, 0.717) is 6.04 Å². The fraction of sp³-hybridized carbons (Fsp3) is 0.571. The van der Waals surface area contributed by atoms with Crippen LogP contribution in [0.4, 0.5) is 11.4 Å². The van der Waals surface area contributed by atoms with Gasteiger partial charge in [0.1, 0.15) is 0 Å². The number of rotatable bonds is 4. The van der Waals surface area contributed by atoms with E-state index < -0.39 is 0 Å². The summed E-state index contributed by atoms with van der Waals surface area (Å²) in [4.78, 5) is 2.54. The standard InChI is InChI=1S/C14H22BrN3/c1-11(10-18-7-3-2-4-8-18)17-14-6-5-12(15)9-13(14)16/h5-6,9,11,17H,2-4,7-8,10,16H2,1H3. The highest BCUT2D eigenvalue weighted by atomic mass is 79.9. The molecule has 4 heteroatoms. The summed E-state index contributed by atoms with van der Waals surface area (Å²) in [5, 5.41) is 3.50. The molecule has 1 aromatic rings. The molecule has 100 valence electrons. The first-order valence-electron chi connectivity index (χ1n) is 6.69. The van der Waals surface area contributed by atoms with E-state index in [1.165, 1.54) is 32.4 Å². The Morgan fingerprint density at radius 3 is 2.72 bits per heavy atom. The molecule has 3 N–H and O–H groups in total. The van der Waals surface area contributed by atoms with Crippen LogP contribution in [0.15, 0.2) is 22.7 Å². The fourth-order valence-electron chi connectivity index (χ4n) is 2.51. The van der Waals surface area contributed by atoms with Gasteiger partial charge in [0, 0.05) is 17.1 Å². The second-order valence-corrected chi connectivity index (χ2v) is 6.05. The minimum absolute atomic E-state index is 0.423. The van der Waals surface area contributed by atoms with E-state index in [1.807, 2.05) is 18.2 Å². The summed E-state index contributed by atoms with van der Waals surface area (Å²) in [6.07, 6.45) is 4.07. The van der Waals surface area contributed by atoms with Gasteiger partial charge in [-0.3, -0.25) is 0 Å². The normalized spacial score (nSPS) is 18.6. The minimum atomic E-state index is 0.423. The number of likely N-dealkylation sites (tertiary alicyclic amines) is 1. The van der Waals surface area contributed by atoms with Crippen LogP contribution in [0.5, 0.6) is 0 Å². The highest BCUT2D eigenvalue weighted by molar-refractivity contribution is 9.10. The highest BCUT2D eigenvalue weighted by Gasteiger charge is 2.13. The van der Waals surface area contributed by atoms with Gasteiger partial charge in [-0.1, -0.05) is 22.4 Å². The molecule has 0 radical (unpaired) electrons. The largest absolute Gasteiger partial charge is 0.397 e. The molecule has 1 aliphatic rings. The van der Waals surface area contributed by atoms with Crippen molar-refractivity contribution in [3.8, 4) is 0 Å². The van der Waals surface area contributed by atoms with E-state index in [0.717, 1.165) is 22.4 Å². The zero-order valence-corrected chi connectivity index (χ0v) is 12.5. The smallest absolute Gasteiger partial charge is 0.0577 e. The number of nitrogens with one attached hydrogen (secondary N) is 1. The lowest BCUT2D eigenvalue weighted by Crippen LogP contribution is -2.38. The molecule has 1 aliphatic heterocycles. The Kier molecular flexibility index (Phi) is 4.89. The van der Waals surface area contributed by atoms with Crippen molar-refractivity contribution in [3.05, 3.63) is 22.7 Å². The van der Waals surface area contributed by atoms with Gasteiger partial charge in [0.05, 0.1) is 11.4 Å². The van der Waals surface area contributed by atoms with Crippen LogP contribution in [0.25, 0.3) is 0 Å². The number of halogens is 1. The van der Waals surface area contributed by atoms with Crippen LogP contribution in [0.2, 0.25) is 0 Å². The van der Waals surface area contributed by atoms with Gasteiger partial charge in [-0.15, -0.1) is 0 Å². The summed E-state index contributed by atoms with van der Waals surface area (Å²) in [7, 11) is 0. The molecule has 1 unspecified atom stereocenters. The monoisotopic (exact) mass is 311 g/mol. The number of anilines is 2. The van der Waals surface area contributed by atoms with Crippen LogP contribution in [0.1, 0.15) is 26.2 Å². The van der Waals surface area contributed by atoms with Crippen LogP contribution >= 0.6 is 15.9 Å². The number of piperidine rings is 1. The Labute approximate surface area is 118 Å². The van der Waals surface area contributed by atoms with E-state index >= 15 is 0 Å². The van der Waals surface area contributed by atoms with Gasteiger partial charge in [0.2, 0.25) is 0 Å². The Hall–Kier alpha value is -0.740. The molecule has 1 aromatic carbocycles. The van der Waals surface area contributed by atoms with Crippen LogP contribution in [0.3, 0.4) is 0 Å². The summed E-state index contributed by atoms with van der Waals surface area (Å²) in [5.74, 6) is 0. The SMILES string of the molecule is CC(CN1CCCCC1)Nc1ccc(Br)cc1N. The van der Waals surface area contributed by atoms with Crippen molar-refractivity contribution in [1.82, 2.24) is 4.90 Å². The zero-order chi connectivity index (χ0) is 13.0. The number of hydrogen-bond donors (Lipinski definition) is 2. The predicted octanol–water partition coefficient (Wildman–Crippen LogP) is 3.32. The molecule has 0 amide bonds. The molecule has 18 heavy (non-hydrogen) atoms. The number of benzene rings is 1. The van der Waals surface area contributed by atoms with Gasteiger partial charge < -0.3 is 16.0 Å². The highest BCUT2D eigenvalue weighted by Crippen LogP contribution is 2.23. The van der Waals surface area contributed by atoms with Crippen molar-refractivity contribution in [2.45, 2.75) is 32.2 Å². The molecule has 0 bridgehead atoms. The fourth-order valence-corrected chi connectivity index (χ4v) is 2.88. The molecule has 0 spiro atoms. The Bertz CT molecular complexity index is 389. The van der Waals surface area contributed by atoms with E-state index in [1.54, 1.807) is 0 Å². The number of nitrogens with two attached hydrogens (primary N) is 1. The number of nitrogen functional groups attached to an aromatic ring is 1. The average molecular weight is 312 g/mol. The molecular formula is C14H22BrN3. The Morgan fingerprint density at radius 2 is 2.06 bits per heavy atom. The molecule has 3 nitrogen and oxygen atoms in total. The van der Waals surface area contributed by atoms with Crippen LogP contribution in [-0.4, -0.2) is 30.6 Å². The molecule has 1 heterocycles. The van der Waals surface area contributed by atoms with Gasteiger partial charge in [0.15, 0.2) is 0 Å².